The molecule has 168 valence electrons. The lowest BCUT2D eigenvalue weighted by atomic mass is 10.2. The van der Waals surface area contributed by atoms with Crippen LogP contribution in [0.3, 0.4) is 0 Å². The van der Waals surface area contributed by atoms with E-state index in [0.717, 1.165) is 22.9 Å². The van der Waals surface area contributed by atoms with E-state index in [4.69, 9.17) is 16.3 Å². The van der Waals surface area contributed by atoms with E-state index in [1.54, 1.807) is 0 Å². The van der Waals surface area contributed by atoms with Crippen molar-refractivity contribution in [1.29, 1.82) is 0 Å². The molecule has 1 amide bonds. The van der Waals surface area contributed by atoms with E-state index < -0.39 is 28.0 Å². The maximum absolute atomic E-state index is 12.6. The molecule has 0 aliphatic carbocycles. The van der Waals surface area contributed by atoms with Gasteiger partial charge >= 0.3 is 5.97 Å². The Bertz CT molecular complexity index is 1270. The summed E-state index contributed by atoms with van der Waals surface area (Å²) in [5.41, 5.74) is 0.401. The highest BCUT2D eigenvalue weighted by atomic mass is 35.5. The molecule has 1 atom stereocenters. The number of benzene rings is 2. The lowest BCUT2D eigenvalue weighted by Crippen LogP contribution is -2.30. The second-order valence-electron chi connectivity index (χ2n) is 7.41. The normalized spacial score (nSPS) is 15.6. The maximum atomic E-state index is 12.6. The Labute approximate surface area is 195 Å². The molecule has 1 saturated heterocycles. The zero-order chi connectivity index (χ0) is 22.9. The van der Waals surface area contributed by atoms with E-state index >= 15 is 0 Å². The van der Waals surface area contributed by atoms with Crippen molar-refractivity contribution in [2.24, 2.45) is 0 Å². The first-order chi connectivity index (χ1) is 15.3. The molecule has 7 nitrogen and oxygen atoms in total. The van der Waals surface area contributed by atoms with Crippen molar-refractivity contribution >= 4 is 60.6 Å². The predicted octanol–water partition coefficient (Wildman–Crippen LogP) is 4.52. The van der Waals surface area contributed by atoms with Crippen molar-refractivity contribution in [1.82, 2.24) is 4.31 Å². The van der Waals surface area contributed by atoms with Gasteiger partial charge in [-0.05, 0) is 50.1 Å². The van der Waals surface area contributed by atoms with Crippen LogP contribution in [0.4, 0.5) is 5.69 Å². The molecule has 10 heteroatoms. The fraction of sp³-hybridized carbons (Fsp3) is 0.273. The first kappa shape index (κ1) is 22.7. The second-order valence-corrected chi connectivity index (χ2v) is 10.8. The molecule has 1 fully saturated rings. The SMILES string of the molecule is CC(OC(=O)c1sc2ccccc2c1Cl)C(=O)Nc1ccc(S(=O)(=O)N2CCCC2)cc1. The van der Waals surface area contributed by atoms with Gasteiger partial charge in [-0.15, -0.1) is 11.3 Å². The summed E-state index contributed by atoms with van der Waals surface area (Å²) in [4.78, 5) is 25.4. The van der Waals surface area contributed by atoms with Gasteiger partial charge in [0.15, 0.2) is 6.10 Å². The van der Waals surface area contributed by atoms with E-state index in [1.807, 2.05) is 24.3 Å². The number of esters is 1. The number of hydrogen-bond acceptors (Lipinski definition) is 6. The number of rotatable bonds is 6. The average molecular weight is 493 g/mol. The van der Waals surface area contributed by atoms with Crippen molar-refractivity contribution in [3.8, 4) is 0 Å². The fourth-order valence-corrected chi connectivity index (χ4v) is 6.35. The number of ether oxygens (including phenoxy) is 1. The van der Waals surface area contributed by atoms with Crippen molar-refractivity contribution in [2.45, 2.75) is 30.8 Å². The first-order valence-corrected chi connectivity index (χ1v) is 12.7. The lowest BCUT2D eigenvalue weighted by Gasteiger charge is -2.16. The highest BCUT2D eigenvalue weighted by molar-refractivity contribution is 7.89. The Morgan fingerprint density at radius 1 is 1.09 bits per heavy atom. The van der Waals surface area contributed by atoms with Gasteiger partial charge in [-0.25, -0.2) is 13.2 Å². The van der Waals surface area contributed by atoms with Gasteiger partial charge in [-0.2, -0.15) is 4.31 Å². The number of amides is 1. The smallest absolute Gasteiger partial charge is 0.350 e. The van der Waals surface area contributed by atoms with Crippen molar-refractivity contribution in [3.63, 3.8) is 0 Å². The van der Waals surface area contributed by atoms with Gasteiger partial charge in [-0.3, -0.25) is 4.79 Å². The summed E-state index contributed by atoms with van der Waals surface area (Å²) in [6.07, 6.45) is 0.643. The van der Waals surface area contributed by atoms with E-state index in [9.17, 15) is 18.0 Å². The van der Waals surface area contributed by atoms with E-state index in [1.165, 1.54) is 46.8 Å². The number of sulfonamides is 1. The molecule has 1 N–H and O–H groups in total. The average Bonchev–Trinajstić information content (AvgIpc) is 3.43. The summed E-state index contributed by atoms with van der Waals surface area (Å²) in [5, 5.41) is 3.69. The molecule has 2 heterocycles. The summed E-state index contributed by atoms with van der Waals surface area (Å²) in [6, 6.07) is 13.3. The molecule has 3 aromatic rings. The van der Waals surface area contributed by atoms with Crippen LogP contribution in [-0.4, -0.2) is 43.8 Å². The Hall–Kier alpha value is -2.46. The number of nitrogens with zero attached hydrogens (tertiary/aromatic N) is 1. The Balaban J connectivity index is 1.40. The molecule has 0 saturated carbocycles. The minimum absolute atomic E-state index is 0.177. The third-order valence-corrected chi connectivity index (χ3v) is 8.77. The number of thiophene rings is 1. The highest BCUT2D eigenvalue weighted by Crippen LogP contribution is 2.35. The Kier molecular flexibility index (Phi) is 6.52. The van der Waals surface area contributed by atoms with Crippen LogP contribution in [0.25, 0.3) is 10.1 Å². The lowest BCUT2D eigenvalue weighted by molar-refractivity contribution is -0.123. The van der Waals surface area contributed by atoms with Gasteiger partial charge in [-0.1, -0.05) is 29.8 Å². The number of nitrogens with one attached hydrogen (secondary N) is 1. The molecule has 1 aliphatic heterocycles. The fourth-order valence-electron chi connectivity index (χ4n) is 3.44. The van der Waals surface area contributed by atoms with Crippen LogP contribution in [0.2, 0.25) is 5.02 Å². The van der Waals surface area contributed by atoms with Crippen LogP contribution >= 0.6 is 22.9 Å². The Morgan fingerprint density at radius 2 is 1.75 bits per heavy atom. The number of anilines is 1. The van der Waals surface area contributed by atoms with Gasteiger partial charge in [0.1, 0.15) is 4.88 Å². The summed E-state index contributed by atoms with van der Waals surface area (Å²) >= 11 is 7.50. The Morgan fingerprint density at radius 3 is 2.41 bits per heavy atom. The van der Waals surface area contributed by atoms with Gasteiger partial charge in [0.05, 0.1) is 9.92 Å². The summed E-state index contributed by atoms with van der Waals surface area (Å²) in [5.74, 6) is -1.21. The minimum atomic E-state index is -3.52. The number of hydrogen-bond donors (Lipinski definition) is 1. The third kappa shape index (κ3) is 4.52. The molecular weight excluding hydrogens is 472 g/mol. The van der Waals surface area contributed by atoms with Gasteiger partial charge < -0.3 is 10.1 Å². The minimum Gasteiger partial charge on any atom is -0.448 e. The number of carbonyl (C=O) groups is 2. The van der Waals surface area contributed by atoms with E-state index in [2.05, 4.69) is 5.32 Å². The molecular formula is C22H21ClN2O5S2. The number of fused-ring (bicyclic) bond motifs is 1. The molecule has 32 heavy (non-hydrogen) atoms. The second kappa shape index (κ2) is 9.19. The van der Waals surface area contributed by atoms with Crippen LogP contribution in [-0.2, 0) is 19.6 Å². The molecule has 0 bridgehead atoms. The van der Waals surface area contributed by atoms with E-state index in [0.29, 0.717) is 23.8 Å². The molecule has 1 aromatic heterocycles. The molecule has 4 rings (SSSR count). The topological polar surface area (TPSA) is 92.8 Å². The van der Waals surface area contributed by atoms with Crippen LogP contribution in [0.1, 0.15) is 29.4 Å². The molecule has 0 spiro atoms. The zero-order valence-electron chi connectivity index (χ0n) is 17.2. The quantitative estimate of drug-likeness (QED) is 0.510. The summed E-state index contributed by atoms with van der Waals surface area (Å²) in [7, 11) is -3.52. The van der Waals surface area contributed by atoms with Crippen LogP contribution < -0.4 is 5.32 Å². The third-order valence-electron chi connectivity index (χ3n) is 5.20. The van der Waals surface area contributed by atoms with Crippen molar-refractivity contribution < 1.29 is 22.7 Å². The zero-order valence-corrected chi connectivity index (χ0v) is 19.6. The summed E-state index contributed by atoms with van der Waals surface area (Å²) < 4.78 is 32.8. The summed E-state index contributed by atoms with van der Waals surface area (Å²) in [6.45, 7) is 2.50. The van der Waals surface area contributed by atoms with Gasteiger partial charge in [0.2, 0.25) is 10.0 Å². The predicted molar refractivity (Wildman–Crippen MR) is 125 cm³/mol. The van der Waals surface area contributed by atoms with E-state index in [-0.39, 0.29) is 9.77 Å². The van der Waals surface area contributed by atoms with Gasteiger partial charge in [0, 0.05) is 28.9 Å². The monoisotopic (exact) mass is 492 g/mol. The van der Waals surface area contributed by atoms with Crippen molar-refractivity contribution in [3.05, 3.63) is 58.4 Å². The largest absolute Gasteiger partial charge is 0.448 e. The standard InChI is InChI=1S/C22H21ClN2O5S2/c1-14(30-22(27)20-19(23)17-6-2-3-7-18(17)31-20)21(26)24-15-8-10-16(11-9-15)32(28,29)25-12-4-5-13-25/h2-3,6-11,14H,4-5,12-13H2,1H3,(H,24,26). The molecule has 1 unspecified atom stereocenters. The molecule has 0 radical (unpaired) electrons. The molecule has 2 aromatic carbocycles. The maximum Gasteiger partial charge on any atom is 0.350 e. The van der Waals surface area contributed by atoms with Crippen molar-refractivity contribution in [2.75, 3.05) is 18.4 Å². The highest BCUT2D eigenvalue weighted by Gasteiger charge is 2.27. The molecule has 1 aliphatic rings. The van der Waals surface area contributed by atoms with Crippen LogP contribution in [0.5, 0.6) is 0 Å². The van der Waals surface area contributed by atoms with Gasteiger partial charge in [0.25, 0.3) is 5.91 Å². The van der Waals surface area contributed by atoms with Crippen LogP contribution in [0, 0.1) is 0 Å². The number of halogens is 1. The first-order valence-electron chi connectivity index (χ1n) is 10.1. The number of carbonyl (C=O) groups excluding carboxylic acids is 2. The van der Waals surface area contributed by atoms with Crippen LogP contribution in [0.15, 0.2) is 53.4 Å².